The standard InChI is InChI=1S/C13H23NO4S/c15-12(16)13(7-4-8-13)10-14-19(17,18)9-11-5-2-1-3-6-11/h11,14H,1-10H2,(H,15,16). The molecule has 0 amide bonds. The van der Waals surface area contributed by atoms with Gasteiger partial charge in [-0.05, 0) is 31.6 Å². The largest absolute Gasteiger partial charge is 0.481 e. The zero-order chi connectivity index (χ0) is 13.9. The predicted octanol–water partition coefficient (Wildman–Crippen LogP) is 1.74. The normalized spacial score (nSPS) is 23.8. The molecular formula is C13H23NO4S. The molecule has 0 aromatic heterocycles. The molecule has 0 unspecified atom stereocenters. The van der Waals surface area contributed by atoms with E-state index in [2.05, 4.69) is 4.72 Å². The summed E-state index contributed by atoms with van der Waals surface area (Å²) in [7, 11) is -3.34. The Kier molecular flexibility index (Phi) is 4.50. The Labute approximate surface area is 114 Å². The highest BCUT2D eigenvalue weighted by atomic mass is 32.2. The molecule has 2 aliphatic rings. The molecule has 2 saturated carbocycles. The van der Waals surface area contributed by atoms with E-state index < -0.39 is 21.4 Å². The first-order valence-electron chi connectivity index (χ1n) is 7.14. The number of rotatable bonds is 6. The van der Waals surface area contributed by atoms with Crippen LogP contribution in [0.25, 0.3) is 0 Å². The lowest BCUT2D eigenvalue weighted by Gasteiger charge is -2.37. The number of sulfonamides is 1. The maximum atomic E-state index is 12.0. The average Bonchev–Trinajstić information content (AvgIpc) is 2.27. The van der Waals surface area contributed by atoms with Crippen LogP contribution in [0, 0.1) is 11.3 Å². The first kappa shape index (κ1) is 14.8. The van der Waals surface area contributed by atoms with E-state index >= 15 is 0 Å². The molecule has 0 aromatic carbocycles. The van der Waals surface area contributed by atoms with Crippen LogP contribution in [-0.4, -0.2) is 31.8 Å². The molecule has 0 heterocycles. The van der Waals surface area contributed by atoms with Crippen molar-refractivity contribution < 1.29 is 18.3 Å². The zero-order valence-corrected chi connectivity index (χ0v) is 12.0. The minimum Gasteiger partial charge on any atom is -0.481 e. The van der Waals surface area contributed by atoms with Crippen LogP contribution in [0.5, 0.6) is 0 Å². The van der Waals surface area contributed by atoms with Gasteiger partial charge in [0.1, 0.15) is 0 Å². The summed E-state index contributed by atoms with van der Waals surface area (Å²) in [5.41, 5.74) is -0.848. The van der Waals surface area contributed by atoms with Gasteiger partial charge in [-0.25, -0.2) is 13.1 Å². The fourth-order valence-electron chi connectivity index (χ4n) is 3.04. The Hall–Kier alpha value is -0.620. The van der Waals surface area contributed by atoms with Gasteiger partial charge in [0.15, 0.2) is 0 Å². The molecule has 0 saturated heterocycles. The smallest absolute Gasteiger partial charge is 0.310 e. The highest BCUT2D eigenvalue weighted by Gasteiger charge is 2.44. The molecule has 0 bridgehead atoms. The van der Waals surface area contributed by atoms with Crippen LogP contribution < -0.4 is 4.72 Å². The van der Waals surface area contributed by atoms with Crippen molar-refractivity contribution in [2.75, 3.05) is 12.3 Å². The predicted molar refractivity (Wildman–Crippen MR) is 72.3 cm³/mol. The minimum absolute atomic E-state index is 0.0530. The van der Waals surface area contributed by atoms with Crippen LogP contribution in [0.4, 0.5) is 0 Å². The topological polar surface area (TPSA) is 83.5 Å². The molecular weight excluding hydrogens is 266 g/mol. The fraction of sp³-hybridized carbons (Fsp3) is 0.923. The third kappa shape index (κ3) is 3.69. The van der Waals surface area contributed by atoms with Gasteiger partial charge in [0.2, 0.25) is 10.0 Å². The minimum atomic E-state index is -3.34. The molecule has 2 aliphatic carbocycles. The zero-order valence-electron chi connectivity index (χ0n) is 11.2. The van der Waals surface area contributed by atoms with Crippen molar-refractivity contribution >= 4 is 16.0 Å². The van der Waals surface area contributed by atoms with Gasteiger partial charge in [-0.2, -0.15) is 0 Å². The van der Waals surface area contributed by atoms with Crippen molar-refractivity contribution in [1.29, 1.82) is 0 Å². The van der Waals surface area contributed by atoms with E-state index in [9.17, 15) is 13.2 Å². The third-order valence-electron chi connectivity index (χ3n) is 4.57. The van der Waals surface area contributed by atoms with Gasteiger partial charge in [0.05, 0.1) is 11.2 Å². The molecule has 6 heteroatoms. The van der Waals surface area contributed by atoms with Crippen LogP contribution in [0.2, 0.25) is 0 Å². The lowest BCUT2D eigenvalue weighted by atomic mass is 9.69. The number of aliphatic carboxylic acids is 1. The molecule has 0 spiro atoms. The summed E-state index contributed by atoms with van der Waals surface area (Å²) >= 11 is 0. The van der Waals surface area contributed by atoms with Crippen LogP contribution in [-0.2, 0) is 14.8 Å². The van der Waals surface area contributed by atoms with Crippen molar-refractivity contribution in [3.05, 3.63) is 0 Å². The van der Waals surface area contributed by atoms with E-state index in [-0.39, 0.29) is 18.2 Å². The highest BCUT2D eigenvalue weighted by Crippen LogP contribution is 2.40. The molecule has 2 fully saturated rings. The summed E-state index contributed by atoms with van der Waals surface area (Å²) in [5, 5.41) is 9.17. The lowest BCUT2D eigenvalue weighted by molar-refractivity contribution is -0.153. The van der Waals surface area contributed by atoms with Crippen molar-refractivity contribution in [3.63, 3.8) is 0 Å². The summed E-state index contributed by atoms with van der Waals surface area (Å²) < 4.78 is 26.5. The second-order valence-electron chi connectivity index (χ2n) is 6.05. The van der Waals surface area contributed by atoms with Crippen LogP contribution in [0.3, 0.4) is 0 Å². The third-order valence-corrected chi connectivity index (χ3v) is 6.07. The molecule has 2 rings (SSSR count). The molecule has 110 valence electrons. The number of hydrogen-bond acceptors (Lipinski definition) is 3. The van der Waals surface area contributed by atoms with Crippen molar-refractivity contribution in [2.45, 2.75) is 51.4 Å². The molecule has 19 heavy (non-hydrogen) atoms. The van der Waals surface area contributed by atoms with Gasteiger partial charge < -0.3 is 5.11 Å². The summed E-state index contributed by atoms with van der Waals surface area (Å²) in [5.74, 6) is -0.476. The molecule has 5 nitrogen and oxygen atoms in total. The number of nitrogens with one attached hydrogen (secondary N) is 1. The fourth-order valence-corrected chi connectivity index (χ4v) is 4.61. The quantitative estimate of drug-likeness (QED) is 0.780. The summed E-state index contributed by atoms with van der Waals surface area (Å²) in [6.45, 7) is 0.0530. The van der Waals surface area contributed by atoms with E-state index in [4.69, 9.17) is 5.11 Å². The van der Waals surface area contributed by atoms with Gasteiger partial charge in [0.25, 0.3) is 0 Å². The van der Waals surface area contributed by atoms with Crippen molar-refractivity contribution in [1.82, 2.24) is 4.72 Å². The lowest BCUT2D eigenvalue weighted by Crippen LogP contribution is -2.48. The van der Waals surface area contributed by atoms with Gasteiger partial charge in [-0.3, -0.25) is 4.79 Å². The maximum Gasteiger partial charge on any atom is 0.310 e. The summed E-state index contributed by atoms with van der Waals surface area (Å²) in [6, 6.07) is 0. The average molecular weight is 289 g/mol. The highest BCUT2D eigenvalue weighted by molar-refractivity contribution is 7.89. The van der Waals surface area contributed by atoms with E-state index in [0.29, 0.717) is 12.8 Å². The van der Waals surface area contributed by atoms with Crippen molar-refractivity contribution in [2.24, 2.45) is 11.3 Å². The van der Waals surface area contributed by atoms with Crippen LogP contribution in [0.15, 0.2) is 0 Å². The van der Waals surface area contributed by atoms with E-state index in [1.165, 1.54) is 6.42 Å². The van der Waals surface area contributed by atoms with Crippen molar-refractivity contribution in [3.8, 4) is 0 Å². The number of carbonyl (C=O) groups is 1. The molecule has 0 aliphatic heterocycles. The number of carboxylic acids is 1. The summed E-state index contributed by atoms with van der Waals surface area (Å²) in [4.78, 5) is 11.2. The second-order valence-corrected chi connectivity index (χ2v) is 7.90. The summed E-state index contributed by atoms with van der Waals surface area (Å²) in [6.07, 6.45) is 7.40. The van der Waals surface area contributed by atoms with E-state index in [0.717, 1.165) is 32.1 Å². The molecule has 0 radical (unpaired) electrons. The molecule has 0 aromatic rings. The van der Waals surface area contributed by atoms with Gasteiger partial charge in [-0.1, -0.05) is 25.7 Å². The Morgan fingerprint density at radius 2 is 1.79 bits per heavy atom. The SMILES string of the molecule is O=C(O)C1(CNS(=O)(=O)CC2CCCCC2)CCC1. The molecule has 2 N–H and O–H groups in total. The Morgan fingerprint density at radius 3 is 2.26 bits per heavy atom. The van der Waals surface area contributed by atoms with Gasteiger partial charge >= 0.3 is 5.97 Å². The number of hydrogen-bond donors (Lipinski definition) is 2. The van der Waals surface area contributed by atoms with Crippen LogP contribution >= 0.6 is 0 Å². The Morgan fingerprint density at radius 1 is 1.16 bits per heavy atom. The maximum absolute atomic E-state index is 12.0. The van der Waals surface area contributed by atoms with Gasteiger partial charge in [0, 0.05) is 6.54 Å². The van der Waals surface area contributed by atoms with Crippen LogP contribution in [0.1, 0.15) is 51.4 Å². The first-order valence-corrected chi connectivity index (χ1v) is 8.80. The Balaban J connectivity index is 1.85. The second kappa shape index (κ2) is 5.79. The first-order chi connectivity index (χ1) is 8.94. The van der Waals surface area contributed by atoms with Gasteiger partial charge in [-0.15, -0.1) is 0 Å². The number of carboxylic acid groups (broad SMARTS) is 1. The Bertz CT molecular complexity index is 422. The van der Waals surface area contributed by atoms with E-state index in [1.807, 2.05) is 0 Å². The monoisotopic (exact) mass is 289 g/mol. The van der Waals surface area contributed by atoms with E-state index in [1.54, 1.807) is 0 Å². The molecule has 0 atom stereocenters.